The highest BCUT2D eigenvalue weighted by Gasteiger charge is 2.28. The molecule has 0 fully saturated rings. The van der Waals surface area contributed by atoms with Crippen LogP contribution in [0.3, 0.4) is 0 Å². The molecule has 0 saturated heterocycles. The molecule has 0 spiro atoms. The molecule has 0 heterocycles. The van der Waals surface area contributed by atoms with E-state index in [-0.39, 0.29) is 12.0 Å². The van der Waals surface area contributed by atoms with Gasteiger partial charge in [0.1, 0.15) is 12.4 Å². The van der Waals surface area contributed by atoms with Gasteiger partial charge >= 0.3 is 5.97 Å². The van der Waals surface area contributed by atoms with Gasteiger partial charge in [-0.05, 0) is 96.8 Å². The van der Waals surface area contributed by atoms with E-state index in [9.17, 15) is 4.79 Å². The van der Waals surface area contributed by atoms with Gasteiger partial charge in [-0.25, -0.2) is 4.79 Å². The Hall–Kier alpha value is -3.93. The first kappa shape index (κ1) is 33.4. The third-order valence-corrected chi connectivity index (χ3v) is 9.25. The summed E-state index contributed by atoms with van der Waals surface area (Å²) >= 11 is 0. The molecule has 5 nitrogen and oxygen atoms in total. The van der Waals surface area contributed by atoms with E-state index in [1.165, 1.54) is 38.9 Å². The van der Waals surface area contributed by atoms with Crippen molar-refractivity contribution in [2.75, 3.05) is 33.4 Å². The Kier molecular flexibility index (Phi) is 11.7. The number of carbonyl (C=O) groups is 1. The van der Waals surface area contributed by atoms with Crippen molar-refractivity contribution in [1.82, 2.24) is 4.90 Å². The molecular weight excluding hydrogens is 570 g/mol. The van der Waals surface area contributed by atoms with Gasteiger partial charge < -0.3 is 14.2 Å². The molecule has 242 valence electrons. The maximum Gasteiger partial charge on any atom is 0.335 e. The smallest absolute Gasteiger partial charge is 0.335 e. The molecule has 5 heteroatoms. The van der Waals surface area contributed by atoms with Gasteiger partial charge in [-0.15, -0.1) is 0 Å². The summed E-state index contributed by atoms with van der Waals surface area (Å²) < 4.78 is 17.1. The molecule has 0 aromatic heterocycles. The van der Waals surface area contributed by atoms with Crippen LogP contribution in [0.5, 0.6) is 5.75 Å². The molecule has 4 aromatic rings. The molecule has 1 aliphatic carbocycles. The Morgan fingerprint density at radius 3 is 2.15 bits per heavy atom. The number of rotatable bonds is 14. The van der Waals surface area contributed by atoms with Crippen molar-refractivity contribution in [2.45, 2.75) is 71.4 Å². The van der Waals surface area contributed by atoms with Crippen LogP contribution in [-0.2, 0) is 40.0 Å². The van der Waals surface area contributed by atoms with E-state index in [1.807, 2.05) is 38.1 Å². The van der Waals surface area contributed by atoms with E-state index in [4.69, 9.17) is 14.2 Å². The standard InChI is InChI=1S/C41H49NO4/c1-6-30-16-22-37-34(26-30)17-18-35-28-33(29(4)32-12-10-9-11-13-32)19-23-38(35)40(37)42(5)24-25-46-36-20-14-31(15-21-36)27-39(44-7-2)41(43)45-8-3/h9-16,19-23,26,28-29,39-40H,6-8,17-18,24-25,27H2,1-5H3. The molecule has 0 aliphatic heterocycles. The van der Waals surface area contributed by atoms with Crippen LogP contribution in [0.1, 0.15) is 84.2 Å². The van der Waals surface area contributed by atoms with Crippen LogP contribution in [0, 0.1) is 0 Å². The predicted molar refractivity (Wildman–Crippen MR) is 186 cm³/mol. The minimum atomic E-state index is -0.596. The highest BCUT2D eigenvalue weighted by atomic mass is 16.6. The quantitative estimate of drug-likeness (QED) is 0.134. The fraction of sp³-hybridized carbons (Fsp3) is 0.390. The highest BCUT2D eigenvalue weighted by Crippen LogP contribution is 2.38. The molecule has 3 atom stereocenters. The number of ether oxygens (including phenoxy) is 3. The lowest BCUT2D eigenvalue weighted by Gasteiger charge is -2.31. The zero-order valence-electron chi connectivity index (χ0n) is 28.1. The summed E-state index contributed by atoms with van der Waals surface area (Å²) in [6.07, 6.45) is 3.01. The van der Waals surface area contributed by atoms with Crippen LogP contribution in [0.2, 0.25) is 0 Å². The lowest BCUT2D eigenvalue weighted by atomic mass is 9.87. The number of hydrogen-bond donors (Lipinski definition) is 0. The van der Waals surface area contributed by atoms with Crippen molar-refractivity contribution >= 4 is 5.97 Å². The number of aryl methyl sites for hydroxylation is 3. The summed E-state index contributed by atoms with van der Waals surface area (Å²) in [5.41, 5.74) is 10.8. The molecule has 5 rings (SSSR count). The van der Waals surface area contributed by atoms with Crippen molar-refractivity contribution in [3.05, 3.63) is 136 Å². The number of carbonyl (C=O) groups excluding carboxylic acids is 1. The van der Waals surface area contributed by atoms with E-state index in [2.05, 4.69) is 92.5 Å². The number of likely N-dealkylation sites (N-methyl/N-ethyl adjacent to an activating group) is 1. The minimum Gasteiger partial charge on any atom is -0.492 e. The van der Waals surface area contributed by atoms with Gasteiger partial charge in [0.15, 0.2) is 6.10 Å². The molecule has 0 saturated carbocycles. The number of nitrogens with zero attached hydrogens (tertiary/aromatic N) is 1. The fourth-order valence-corrected chi connectivity index (χ4v) is 6.61. The lowest BCUT2D eigenvalue weighted by Crippen LogP contribution is -2.30. The zero-order valence-corrected chi connectivity index (χ0v) is 28.1. The van der Waals surface area contributed by atoms with Gasteiger partial charge in [0, 0.05) is 25.5 Å². The average molecular weight is 620 g/mol. The van der Waals surface area contributed by atoms with Gasteiger partial charge in [-0.2, -0.15) is 0 Å². The van der Waals surface area contributed by atoms with Crippen LogP contribution in [-0.4, -0.2) is 50.4 Å². The summed E-state index contributed by atoms with van der Waals surface area (Å²) in [5, 5.41) is 0. The zero-order chi connectivity index (χ0) is 32.5. The molecule has 0 bridgehead atoms. The summed E-state index contributed by atoms with van der Waals surface area (Å²) in [4.78, 5) is 14.7. The van der Waals surface area contributed by atoms with Crippen LogP contribution in [0.25, 0.3) is 0 Å². The number of esters is 1. The summed E-state index contributed by atoms with van der Waals surface area (Å²) in [7, 11) is 2.22. The number of fused-ring (bicyclic) bond motifs is 2. The van der Waals surface area contributed by atoms with Crippen molar-refractivity contribution < 1.29 is 19.0 Å². The maximum absolute atomic E-state index is 12.3. The van der Waals surface area contributed by atoms with Crippen molar-refractivity contribution in [1.29, 1.82) is 0 Å². The second-order valence-corrected chi connectivity index (χ2v) is 12.3. The van der Waals surface area contributed by atoms with Crippen LogP contribution in [0.4, 0.5) is 0 Å². The van der Waals surface area contributed by atoms with E-state index in [0.717, 1.165) is 37.1 Å². The van der Waals surface area contributed by atoms with Crippen LogP contribution >= 0.6 is 0 Å². The number of hydrogen-bond acceptors (Lipinski definition) is 5. The largest absolute Gasteiger partial charge is 0.492 e. The molecule has 0 amide bonds. The van der Waals surface area contributed by atoms with Gasteiger partial charge in [0.25, 0.3) is 0 Å². The van der Waals surface area contributed by atoms with Crippen LogP contribution in [0.15, 0.2) is 91.0 Å². The first-order valence-corrected chi connectivity index (χ1v) is 16.9. The summed E-state index contributed by atoms with van der Waals surface area (Å²) in [6, 6.07) is 33.1. The molecule has 0 N–H and O–H groups in total. The van der Waals surface area contributed by atoms with Gasteiger partial charge in [-0.1, -0.05) is 92.7 Å². The number of benzene rings is 4. The Morgan fingerprint density at radius 2 is 1.48 bits per heavy atom. The Morgan fingerprint density at radius 1 is 0.804 bits per heavy atom. The molecule has 1 aliphatic rings. The normalized spacial score (nSPS) is 15.4. The molecule has 4 aromatic carbocycles. The van der Waals surface area contributed by atoms with Gasteiger partial charge in [-0.3, -0.25) is 4.90 Å². The second kappa shape index (κ2) is 16.1. The Bertz CT molecular complexity index is 1570. The van der Waals surface area contributed by atoms with Gasteiger partial charge in [0.05, 0.1) is 12.6 Å². The average Bonchev–Trinajstić information content (AvgIpc) is 3.25. The Balaban J connectivity index is 1.31. The molecule has 3 unspecified atom stereocenters. The third kappa shape index (κ3) is 8.07. The third-order valence-electron chi connectivity index (χ3n) is 9.25. The monoisotopic (exact) mass is 619 g/mol. The second-order valence-electron chi connectivity index (χ2n) is 12.3. The van der Waals surface area contributed by atoms with E-state index in [1.54, 1.807) is 0 Å². The van der Waals surface area contributed by atoms with Gasteiger partial charge in [0.2, 0.25) is 0 Å². The Labute approximate surface area is 275 Å². The first-order chi connectivity index (χ1) is 22.4. The fourth-order valence-electron chi connectivity index (χ4n) is 6.61. The first-order valence-electron chi connectivity index (χ1n) is 16.9. The predicted octanol–water partition coefficient (Wildman–Crippen LogP) is 8.11. The molecule has 46 heavy (non-hydrogen) atoms. The molecule has 0 radical (unpaired) electrons. The van der Waals surface area contributed by atoms with E-state index in [0.29, 0.717) is 32.2 Å². The van der Waals surface area contributed by atoms with Crippen molar-refractivity contribution in [3.8, 4) is 5.75 Å². The van der Waals surface area contributed by atoms with Crippen molar-refractivity contribution in [3.63, 3.8) is 0 Å². The summed E-state index contributed by atoms with van der Waals surface area (Å²) in [6.45, 7) is 10.4. The topological polar surface area (TPSA) is 48.0 Å². The SMILES string of the molecule is CCOC(=O)C(Cc1ccc(OCCN(C)C2c3ccc(CC)cc3CCc3cc(C(C)c4ccccc4)ccc32)cc1)OCC. The molecular formula is C41H49NO4. The van der Waals surface area contributed by atoms with E-state index < -0.39 is 6.10 Å². The van der Waals surface area contributed by atoms with Crippen LogP contribution < -0.4 is 4.74 Å². The van der Waals surface area contributed by atoms with E-state index >= 15 is 0 Å². The minimum absolute atomic E-state index is 0.156. The highest BCUT2D eigenvalue weighted by molar-refractivity contribution is 5.75. The van der Waals surface area contributed by atoms with Crippen molar-refractivity contribution in [2.24, 2.45) is 0 Å². The maximum atomic E-state index is 12.3. The summed E-state index contributed by atoms with van der Waals surface area (Å²) in [5.74, 6) is 0.840. The lowest BCUT2D eigenvalue weighted by molar-refractivity contribution is -0.156.